The molecular weight excluding hydrogens is 208 g/mol. The first kappa shape index (κ1) is 15.3. The fourth-order valence-electron chi connectivity index (χ4n) is 1.16. The molecule has 0 aliphatic carbocycles. The third kappa shape index (κ3) is 8.64. The highest BCUT2D eigenvalue weighted by Crippen LogP contribution is 1.89. The van der Waals surface area contributed by atoms with E-state index in [1.807, 2.05) is 6.92 Å². The average Bonchev–Trinajstić information content (AvgIpc) is 2.26. The zero-order chi connectivity index (χ0) is 12.2. The van der Waals surface area contributed by atoms with E-state index in [1.165, 1.54) is 0 Å². The molecule has 96 valence electrons. The Morgan fingerprint density at radius 2 is 1.94 bits per heavy atom. The minimum absolute atomic E-state index is 0.306. The number of hydrogen-bond acceptors (Lipinski definition) is 4. The molecule has 0 aromatic carbocycles. The summed E-state index contributed by atoms with van der Waals surface area (Å²) in [5, 5.41) is 2.95. The van der Waals surface area contributed by atoms with E-state index in [4.69, 9.17) is 15.2 Å². The molecule has 0 fully saturated rings. The number of ether oxygens (including phenoxy) is 2. The molecule has 0 spiro atoms. The lowest BCUT2D eigenvalue weighted by Crippen LogP contribution is -2.44. The van der Waals surface area contributed by atoms with Gasteiger partial charge in [0.1, 0.15) is 6.04 Å². The lowest BCUT2D eigenvalue weighted by atomic mass is 10.3. The van der Waals surface area contributed by atoms with Crippen LogP contribution in [0.4, 0.5) is 0 Å². The second kappa shape index (κ2) is 10.9. The first-order valence-corrected chi connectivity index (χ1v) is 5.90. The summed E-state index contributed by atoms with van der Waals surface area (Å²) in [6.45, 7) is 6.88. The van der Waals surface area contributed by atoms with Gasteiger partial charge in [0, 0.05) is 6.61 Å². The predicted molar refractivity (Wildman–Crippen MR) is 63.2 cm³/mol. The molecule has 0 radical (unpaired) electrons. The second-order valence-corrected chi connectivity index (χ2v) is 3.55. The number of carbonyl (C=O) groups excluding carboxylic acids is 1. The molecule has 1 unspecified atom stereocenters. The Labute approximate surface area is 97.7 Å². The van der Waals surface area contributed by atoms with Gasteiger partial charge in [-0.05, 0) is 13.0 Å². The van der Waals surface area contributed by atoms with Gasteiger partial charge in [0.05, 0.1) is 19.8 Å². The van der Waals surface area contributed by atoms with Crippen molar-refractivity contribution in [3.05, 3.63) is 0 Å². The fourth-order valence-corrected chi connectivity index (χ4v) is 1.16. The molecule has 0 aliphatic rings. The van der Waals surface area contributed by atoms with Gasteiger partial charge >= 0.3 is 0 Å². The van der Waals surface area contributed by atoms with Crippen LogP contribution in [0.5, 0.6) is 0 Å². The quantitative estimate of drug-likeness (QED) is 0.502. The minimum atomic E-state index is -0.402. The normalized spacial score (nSPS) is 12.6. The van der Waals surface area contributed by atoms with Crippen LogP contribution in [0.2, 0.25) is 0 Å². The molecule has 0 saturated heterocycles. The van der Waals surface area contributed by atoms with E-state index in [0.29, 0.717) is 26.4 Å². The number of unbranched alkanes of at least 4 members (excludes halogenated alkanes) is 1. The Morgan fingerprint density at radius 3 is 2.50 bits per heavy atom. The maximum Gasteiger partial charge on any atom is 0.236 e. The van der Waals surface area contributed by atoms with Gasteiger partial charge in [-0.3, -0.25) is 4.79 Å². The van der Waals surface area contributed by atoms with Crippen LogP contribution in [0.15, 0.2) is 0 Å². The van der Waals surface area contributed by atoms with Crippen molar-refractivity contribution in [3.8, 4) is 0 Å². The van der Waals surface area contributed by atoms with Crippen LogP contribution in [-0.2, 0) is 14.3 Å². The molecule has 0 aromatic heterocycles. The molecule has 16 heavy (non-hydrogen) atoms. The monoisotopic (exact) mass is 232 g/mol. The number of nitrogens with two attached hydrogens (primary N) is 1. The number of hydrogen-bond donors (Lipinski definition) is 2. The van der Waals surface area contributed by atoms with E-state index in [1.54, 1.807) is 0 Å². The van der Waals surface area contributed by atoms with Crippen molar-refractivity contribution in [2.45, 2.75) is 32.7 Å². The van der Waals surface area contributed by atoms with Gasteiger partial charge in [0.25, 0.3) is 0 Å². The van der Waals surface area contributed by atoms with E-state index >= 15 is 0 Å². The summed E-state index contributed by atoms with van der Waals surface area (Å²) in [5.41, 5.74) is 5.19. The molecule has 0 rings (SSSR count). The van der Waals surface area contributed by atoms with Crippen LogP contribution in [0.25, 0.3) is 0 Å². The molecule has 0 saturated carbocycles. The van der Waals surface area contributed by atoms with Gasteiger partial charge in [0.2, 0.25) is 5.91 Å². The Kier molecular flexibility index (Phi) is 10.4. The second-order valence-electron chi connectivity index (χ2n) is 3.55. The van der Waals surface area contributed by atoms with Gasteiger partial charge < -0.3 is 20.5 Å². The van der Waals surface area contributed by atoms with Gasteiger partial charge in [0.15, 0.2) is 0 Å². The van der Waals surface area contributed by atoms with Gasteiger partial charge in [-0.25, -0.2) is 0 Å². The molecule has 0 bridgehead atoms. The molecule has 3 N–H and O–H groups in total. The standard InChI is InChI=1S/C11H24N2O3/c1-3-5-6-15-7-8-16-9-10(11(12)14)13-4-2/h10,13H,3-9H2,1-2H3,(H2,12,14). The molecule has 1 atom stereocenters. The lowest BCUT2D eigenvalue weighted by Gasteiger charge is -2.14. The van der Waals surface area contributed by atoms with E-state index in [2.05, 4.69) is 12.2 Å². The van der Waals surface area contributed by atoms with Gasteiger partial charge in [-0.1, -0.05) is 20.3 Å². The maximum atomic E-state index is 10.9. The van der Waals surface area contributed by atoms with E-state index in [-0.39, 0.29) is 5.91 Å². The average molecular weight is 232 g/mol. The number of primary amides is 1. The van der Waals surface area contributed by atoms with Crippen LogP contribution in [0.1, 0.15) is 26.7 Å². The van der Waals surface area contributed by atoms with Crippen molar-refractivity contribution in [2.75, 3.05) is 33.0 Å². The Bertz CT molecular complexity index is 177. The van der Waals surface area contributed by atoms with Crippen molar-refractivity contribution in [3.63, 3.8) is 0 Å². The van der Waals surface area contributed by atoms with Crippen molar-refractivity contribution in [2.24, 2.45) is 5.73 Å². The Hall–Kier alpha value is -0.650. The topological polar surface area (TPSA) is 73.6 Å². The molecule has 0 aromatic rings. The third-order valence-electron chi connectivity index (χ3n) is 2.09. The third-order valence-corrected chi connectivity index (χ3v) is 2.09. The largest absolute Gasteiger partial charge is 0.379 e. The SMILES string of the molecule is CCCCOCCOCC(NCC)C(N)=O. The Balaban J connectivity index is 3.37. The van der Waals surface area contributed by atoms with Crippen molar-refractivity contribution in [1.82, 2.24) is 5.32 Å². The van der Waals surface area contributed by atoms with Crippen molar-refractivity contribution in [1.29, 1.82) is 0 Å². The van der Waals surface area contributed by atoms with E-state index < -0.39 is 6.04 Å². The smallest absolute Gasteiger partial charge is 0.236 e. The number of nitrogens with one attached hydrogen (secondary N) is 1. The maximum absolute atomic E-state index is 10.9. The van der Waals surface area contributed by atoms with E-state index in [0.717, 1.165) is 19.4 Å². The van der Waals surface area contributed by atoms with Crippen molar-refractivity contribution >= 4 is 5.91 Å². The highest BCUT2D eigenvalue weighted by Gasteiger charge is 2.13. The van der Waals surface area contributed by atoms with Crippen LogP contribution in [0, 0.1) is 0 Å². The van der Waals surface area contributed by atoms with E-state index in [9.17, 15) is 4.79 Å². The van der Waals surface area contributed by atoms with Crippen molar-refractivity contribution < 1.29 is 14.3 Å². The first-order valence-electron chi connectivity index (χ1n) is 5.90. The first-order chi connectivity index (χ1) is 7.72. The lowest BCUT2D eigenvalue weighted by molar-refractivity contribution is -0.121. The number of carbonyl (C=O) groups is 1. The molecule has 0 heterocycles. The molecule has 0 aliphatic heterocycles. The summed E-state index contributed by atoms with van der Waals surface area (Å²) >= 11 is 0. The molecule has 5 nitrogen and oxygen atoms in total. The van der Waals surface area contributed by atoms with Crippen LogP contribution in [-0.4, -0.2) is 44.9 Å². The van der Waals surface area contributed by atoms with Crippen LogP contribution < -0.4 is 11.1 Å². The number of rotatable bonds is 11. The number of likely N-dealkylation sites (N-methyl/N-ethyl adjacent to an activating group) is 1. The predicted octanol–water partition coefficient (Wildman–Crippen LogP) is 0.283. The summed E-state index contributed by atoms with van der Waals surface area (Å²) in [6, 6.07) is -0.402. The van der Waals surface area contributed by atoms with Crippen LogP contribution in [0.3, 0.4) is 0 Å². The van der Waals surface area contributed by atoms with Gasteiger partial charge in [-0.2, -0.15) is 0 Å². The molecular formula is C11H24N2O3. The highest BCUT2D eigenvalue weighted by atomic mass is 16.5. The summed E-state index contributed by atoms with van der Waals surface area (Å²) in [4.78, 5) is 10.9. The zero-order valence-electron chi connectivity index (χ0n) is 10.3. The molecule has 5 heteroatoms. The fraction of sp³-hybridized carbons (Fsp3) is 0.909. The summed E-state index contributed by atoms with van der Waals surface area (Å²) in [7, 11) is 0. The summed E-state index contributed by atoms with van der Waals surface area (Å²) in [6.07, 6.45) is 2.20. The zero-order valence-corrected chi connectivity index (χ0v) is 10.3. The highest BCUT2D eigenvalue weighted by molar-refractivity contribution is 5.79. The Morgan fingerprint density at radius 1 is 1.25 bits per heavy atom. The van der Waals surface area contributed by atoms with Gasteiger partial charge in [-0.15, -0.1) is 0 Å². The minimum Gasteiger partial charge on any atom is -0.379 e. The molecule has 1 amide bonds. The van der Waals surface area contributed by atoms with Crippen LogP contribution >= 0.6 is 0 Å². The summed E-state index contributed by atoms with van der Waals surface area (Å²) in [5.74, 6) is -0.381. The summed E-state index contributed by atoms with van der Waals surface area (Å²) < 4.78 is 10.6. The number of amides is 1.